The maximum Gasteiger partial charge on any atom is 0.284 e. The van der Waals surface area contributed by atoms with Crippen LogP contribution >= 0.6 is 0 Å². The van der Waals surface area contributed by atoms with Crippen LogP contribution in [0.15, 0.2) is 47.3 Å². The Kier molecular flexibility index (Phi) is 7.65. The van der Waals surface area contributed by atoms with Gasteiger partial charge < -0.3 is 14.1 Å². The number of carbonyl (C=O) groups is 1. The van der Waals surface area contributed by atoms with Crippen LogP contribution in [-0.4, -0.2) is 78.5 Å². The van der Waals surface area contributed by atoms with Crippen molar-refractivity contribution in [3.63, 3.8) is 0 Å². The van der Waals surface area contributed by atoms with Crippen molar-refractivity contribution in [2.24, 2.45) is 0 Å². The summed E-state index contributed by atoms with van der Waals surface area (Å²) in [7, 11) is 0. The fraction of sp³-hybridized carbons (Fsp3) is 0.400. The molecule has 42 heavy (non-hydrogen) atoms. The largest absolute Gasteiger partial charge is 0.418 e. The summed E-state index contributed by atoms with van der Waals surface area (Å²) in [5, 5.41) is 12.3. The summed E-state index contributed by atoms with van der Waals surface area (Å²) in [5.41, 5.74) is 3.63. The van der Waals surface area contributed by atoms with E-state index < -0.39 is 5.82 Å². The fourth-order valence-electron chi connectivity index (χ4n) is 4.88. The quantitative estimate of drug-likeness (QED) is 0.255. The van der Waals surface area contributed by atoms with Gasteiger partial charge in [-0.25, -0.2) is 14.4 Å². The number of ether oxygens (including phenoxy) is 1. The molecule has 0 bridgehead atoms. The van der Waals surface area contributed by atoms with Gasteiger partial charge in [-0.05, 0) is 29.7 Å². The average Bonchev–Trinajstić information content (AvgIpc) is 3.75. The Bertz CT molecular complexity index is 1710. The van der Waals surface area contributed by atoms with E-state index in [0.29, 0.717) is 34.0 Å². The number of carbonyl (C=O) groups excluding carboxylic acids is 1. The van der Waals surface area contributed by atoms with Gasteiger partial charge in [0.15, 0.2) is 5.65 Å². The standard InChI is InChI=1S/C30H33FN8O3/c1-30(2,3)29-37-36-28(42-29)24(40)7-6-19-4-5-20(16-23(19)31)22-8-9-32-27-25(22)34-26(35-27)21-17-33-39(18-21)11-10-38-12-14-41-15-13-38/h4-5,8-9,16-18H,6-7,10-15H2,1-3H3,(H,32,34,35). The lowest BCUT2D eigenvalue weighted by Crippen LogP contribution is -2.38. The zero-order valence-electron chi connectivity index (χ0n) is 23.9. The van der Waals surface area contributed by atoms with Crippen LogP contribution in [0.5, 0.6) is 0 Å². The summed E-state index contributed by atoms with van der Waals surface area (Å²) >= 11 is 0. The number of aromatic nitrogens is 7. The molecular weight excluding hydrogens is 539 g/mol. The summed E-state index contributed by atoms with van der Waals surface area (Å²) in [6.45, 7) is 10.9. The van der Waals surface area contributed by atoms with Gasteiger partial charge in [0.05, 0.1) is 37.0 Å². The molecule has 0 radical (unpaired) electrons. The summed E-state index contributed by atoms with van der Waals surface area (Å²) in [4.78, 5) is 27.4. The molecule has 0 amide bonds. The molecule has 12 heteroatoms. The second kappa shape index (κ2) is 11.5. The molecule has 218 valence electrons. The second-order valence-electron chi connectivity index (χ2n) is 11.5. The molecule has 5 heterocycles. The minimum absolute atomic E-state index is 0.0474. The third-order valence-electron chi connectivity index (χ3n) is 7.34. The molecule has 1 N–H and O–H groups in total. The molecule has 1 aliphatic rings. The van der Waals surface area contributed by atoms with E-state index in [1.807, 2.05) is 43.8 Å². The van der Waals surface area contributed by atoms with E-state index in [1.54, 1.807) is 18.5 Å². The minimum Gasteiger partial charge on any atom is -0.418 e. The normalized spacial score (nSPS) is 14.6. The fourth-order valence-corrected chi connectivity index (χ4v) is 4.88. The monoisotopic (exact) mass is 572 g/mol. The molecule has 11 nitrogen and oxygen atoms in total. The van der Waals surface area contributed by atoms with Gasteiger partial charge in [-0.15, -0.1) is 10.2 Å². The number of pyridine rings is 1. The summed E-state index contributed by atoms with van der Waals surface area (Å²) in [6.07, 6.45) is 5.69. The van der Waals surface area contributed by atoms with Gasteiger partial charge in [0, 0.05) is 49.4 Å². The number of morpholine rings is 1. The van der Waals surface area contributed by atoms with Gasteiger partial charge in [-0.3, -0.25) is 14.4 Å². The molecule has 0 unspecified atom stereocenters. The maximum absolute atomic E-state index is 15.2. The molecule has 1 aliphatic heterocycles. The van der Waals surface area contributed by atoms with Gasteiger partial charge in [-0.2, -0.15) is 5.10 Å². The topological polar surface area (TPSA) is 128 Å². The Labute approximate surface area is 242 Å². The first-order valence-corrected chi connectivity index (χ1v) is 14.1. The Morgan fingerprint density at radius 3 is 2.69 bits per heavy atom. The van der Waals surface area contributed by atoms with Crippen molar-refractivity contribution in [2.45, 2.75) is 45.6 Å². The number of fused-ring (bicyclic) bond motifs is 1. The minimum atomic E-state index is -0.396. The average molecular weight is 573 g/mol. The van der Waals surface area contributed by atoms with Crippen molar-refractivity contribution in [3.8, 4) is 22.5 Å². The molecule has 1 saturated heterocycles. The number of imidazole rings is 1. The molecule has 4 aromatic heterocycles. The predicted octanol–water partition coefficient (Wildman–Crippen LogP) is 4.46. The van der Waals surface area contributed by atoms with Crippen molar-refractivity contribution < 1.29 is 18.3 Å². The number of Topliss-reactive ketones (excluding diaryl/α,β-unsaturated/α-hetero) is 1. The van der Waals surface area contributed by atoms with E-state index in [4.69, 9.17) is 9.15 Å². The summed E-state index contributed by atoms with van der Waals surface area (Å²) in [6, 6.07) is 6.85. The van der Waals surface area contributed by atoms with Crippen LogP contribution in [0.3, 0.4) is 0 Å². The number of hydrogen-bond acceptors (Lipinski definition) is 9. The van der Waals surface area contributed by atoms with Crippen LogP contribution in [0.2, 0.25) is 0 Å². The third kappa shape index (κ3) is 6.00. The number of benzene rings is 1. The number of ketones is 1. The van der Waals surface area contributed by atoms with E-state index in [2.05, 4.69) is 35.1 Å². The Hall–Kier alpha value is -4.29. The number of aryl methyl sites for hydroxylation is 1. The molecule has 1 fully saturated rings. The van der Waals surface area contributed by atoms with Crippen molar-refractivity contribution in [3.05, 3.63) is 66.0 Å². The second-order valence-corrected chi connectivity index (χ2v) is 11.5. The lowest BCUT2D eigenvalue weighted by Gasteiger charge is -2.26. The number of aromatic amines is 1. The van der Waals surface area contributed by atoms with Crippen molar-refractivity contribution >= 4 is 16.9 Å². The van der Waals surface area contributed by atoms with Crippen molar-refractivity contribution in [2.75, 3.05) is 32.8 Å². The number of H-pyrrole nitrogens is 1. The first kappa shape index (κ1) is 27.9. The Morgan fingerprint density at radius 1 is 1.10 bits per heavy atom. The van der Waals surface area contributed by atoms with E-state index >= 15 is 4.39 Å². The Morgan fingerprint density at radius 2 is 1.93 bits per heavy atom. The number of rotatable bonds is 9. The highest BCUT2D eigenvalue weighted by molar-refractivity contribution is 5.92. The SMILES string of the molecule is CC(C)(C)c1nnc(C(=O)CCc2ccc(-c3ccnc4nc(-c5cnn(CCN6CCOCC6)c5)[nH]c34)cc2F)o1. The molecule has 0 saturated carbocycles. The molecule has 6 rings (SSSR count). The first-order valence-electron chi connectivity index (χ1n) is 14.1. The molecule has 0 atom stereocenters. The van der Waals surface area contributed by atoms with Crippen LogP contribution in [0.25, 0.3) is 33.7 Å². The molecule has 5 aromatic rings. The van der Waals surface area contributed by atoms with Crippen LogP contribution in [-0.2, 0) is 23.1 Å². The highest BCUT2D eigenvalue weighted by Crippen LogP contribution is 2.30. The van der Waals surface area contributed by atoms with E-state index in [1.165, 1.54) is 6.07 Å². The molecule has 0 aliphatic carbocycles. The van der Waals surface area contributed by atoms with Crippen LogP contribution in [0.4, 0.5) is 4.39 Å². The molecular formula is C30H33FN8O3. The number of nitrogens with zero attached hydrogens (tertiary/aromatic N) is 7. The van der Waals surface area contributed by atoms with Crippen LogP contribution in [0, 0.1) is 5.82 Å². The third-order valence-corrected chi connectivity index (χ3v) is 7.34. The number of halogens is 1. The van der Waals surface area contributed by atoms with Gasteiger partial charge in [-0.1, -0.05) is 32.9 Å². The highest BCUT2D eigenvalue weighted by atomic mass is 19.1. The zero-order chi connectivity index (χ0) is 29.3. The van der Waals surface area contributed by atoms with Crippen LogP contribution in [0.1, 0.15) is 49.3 Å². The van der Waals surface area contributed by atoms with Crippen molar-refractivity contribution in [1.29, 1.82) is 0 Å². The summed E-state index contributed by atoms with van der Waals surface area (Å²) < 4.78 is 28.1. The Balaban J connectivity index is 1.15. The van der Waals surface area contributed by atoms with Gasteiger partial charge in [0.2, 0.25) is 11.7 Å². The smallest absolute Gasteiger partial charge is 0.284 e. The lowest BCUT2D eigenvalue weighted by molar-refractivity contribution is 0.0360. The van der Waals surface area contributed by atoms with Gasteiger partial charge in [0.25, 0.3) is 5.89 Å². The first-order chi connectivity index (χ1) is 20.2. The van der Waals surface area contributed by atoms with E-state index in [9.17, 15) is 4.79 Å². The van der Waals surface area contributed by atoms with Gasteiger partial charge in [0.1, 0.15) is 11.6 Å². The molecule has 1 aromatic carbocycles. The zero-order valence-corrected chi connectivity index (χ0v) is 23.9. The van der Waals surface area contributed by atoms with E-state index in [-0.39, 0.29) is 29.9 Å². The maximum atomic E-state index is 15.2. The van der Waals surface area contributed by atoms with Crippen LogP contribution < -0.4 is 0 Å². The lowest BCUT2D eigenvalue weighted by atomic mass is 9.97. The summed E-state index contributed by atoms with van der Waals surface area (Å²) in [5.74, 6) is 0.284. The number of hydrogen-bond donors (Lipinski definition) is 1. The highest BCUT2D eigenvalue weighted by Gasteiger charge is 2.24. The number of nitrogens with one attached hydrogen (secondary N) is 1. The predicted molar refractivity (Wildman–Crippen MR) is 153 cm³/mol. The van der Waals surface area contributed by atoms with Gasteiger partial charge >= 0.3 is 0 Å². The van der Waals surface area contributed by atoms with Crippen molar-refractivity contribution in [1.82, 2.24) is 39.8 Å². The molecule has 0 spiro atoms. The van der Waals surface area contributed by atoms with E-state index in [0.717, 1.165) is 50.5 Å².